The van der Waals surface area contributed by atoms with E-state index >= 15 is 0 Å². The highest BCUT2D eigenvalue weighted by Crippen LogP contribution is 2.25. The average Bonchev–Trinajstić information content (AvgIpc) is 3.07. The Morgan fingerprint density at radius 3 is 2.45 bits per heavy atom. The number of nitrogens with zero attached hydrogens (tertiary/aromatic N) is 3. The molecule has 1 amide bonds. The van der Waals surface area contributed by atoms with E-state index in [-0.39, 0.29) is 5.91 Å². The Balaban J connectivity index is 1.41. The summed E-state index contributed by atoms with van der Waals surface area (Å²) in [5.41, 5.74) is 0.558. The molecule has 2 saturated heterocycles. The van der Waals surface area contributed by atoms with E-state index in [0.29, 0.717) is 32.9 Å². The van der Waals surface area contributed by atoms with Crippen LogP contribution in [0.15, 0.2) is 24.3 Å². The Bertz CT molecular complexity index is 646. The predicted molar refractivity (Wildman–Crippen MR) is 112 cm³/mol. The number of benzene rings is 1. The van der Waals surface area contributed by atoms with Crippen LogP contribution in [0, 0.1) is 0 Å². The van der Waals surface area contributed by atoms with Gasteiger partial charge in [0.2, 0.25) is 5.91 Å². The van der Waals surface area contributed by atoms with Crippen LogP contribution in [0.4, 0.5) is 0 Å². The maximum absolute atomic E-state index is 11.5. The zero-order chi connectivity index (χ0) is 20.7. The molecule has 2 aliphatic rings. The number of amides is 1. The molecule has 1 atom stereocenters. The molecule has 29 heavy (non-hydrogen) atoms. The molecule has 3 rings (SSSR count). The monoisotopic (exact) mass is 405 g/mol. The molecule has 2 heterocycles. The fourth-order valence-corrected chi connectivity index (χ4v) is 4.15. The van der Waals surface area contributed by atoms with E-state index in [1.54, 1.807) is 6.92 Å². The van der Waals surface area contributed by atoms with Gasteiger partial charge in [-0.05, 0) is 31.0 Å². The highest BCUT2D eigenvalue weighted by atomic mass is 16.5. The molecular weight excluding hydrogens is 370 g/mol. The van der Waals surface area contributed by atoms with Gasteiger partial charge < -0.3 is 19.5 Å². The van der Waals surface area contributed by atoms with Crippen molar-refractivity contribution in [2.75, 3.05) is 65.6 Å². The first kappa shape index (κ1) is 22.0. The summed E-state index contributed by atoms with van der Waals surface area (Å²) in [6.07, 6.45) is 0.790. The van der Waals surface area contributed by atoms with Crippen molar-refractivity contribution in [2.24, 2.45) is 0 Å². The lowest BCUT2D eigenvalue weighted by molar-refractivity contribution is -0.130. The third-order valence-corrected chi connectivity index (χ3v) is 5.78. The number of carbonyl (C=O) groups excluding carboxylic acids is 1. The van der Waals surface area contributed by atoms with E-state index < -0.39 is 5.60 Å². The molecule has 0 bridgehead atoms. The van der Waals surface area contributed by atoms with Gasteiger partial charge in [0.15, 0.2) is 0 Å². The molecule has 0 aliphatic carbocycles. The summed E-state index contributed by atoms with van der Waals surface area (Å²) in [4.78, 5) is 18.0. The number of β-amino-alcohol motifs (C(OH)–C–C–N with tert-alkyl or cyclic N) is 1. The highest BCUT2D eigenvalue weighted by molar-refractivity contribution is 5.73. The standard InChI is InChI=1S/C22H35N3O4/c1-3-28-14-15-29-21-6-4-20(5-7-21)16-24-9-8-22(27,18-24)17-23-10-12-25(13-11-23)19(2)26/h4-7,27H,3,8-18H2,1-2H3/t22-/m0/s1. The van der Waals surface area contributed by atoms with Crippen molar-refractivity contribution in [3.63, 3.8) is 0 Å². The Labute approximate surface area is 174 Å². The maximum atomic E-state index is 11.5. The minimum atomic E-state index is -0.666. The molecule has 1 aromatic carbocycles. The van der Waals surface area contributed by atoms with Crippen molar-refractivity contribution in [3.8, 4) is 5.75 Å². The number of hydrogen-bond acceptors (Lipinski definition) is 6. The van der Waals surface area contributed by atoms with E-state index in [4.69, 9.17) is 9.47 Å². The molecule has 0 aromatic heterocycles. The van der Waals surface area contributed by atoms with E-state index in [9.17, 15) is 9.90 Å². The molecule has 1 N–H and O–H groups in total. The maximum Gasteiger partial charge on any atom is 0.219 e. The summed E-state index contributed by atoms with van der Waals surface area (Å²) in [6, 6.07) is 8.18. The molecule has 1 aromatic rings. The van der Waals surface area contributed by atoms with E-state index in [1.807, 2.05) is 24.0 Å². The zero-order valence-electron chi connectivity index (χ0n) is 17.8. The summed E-state index contributed by atoms with van der Waals surface area (Å²) < 4.78 is 10.9. The van der Waals surface area contributed by atoms with Gasteiger partial charge in [-0.1, -0.05) is 12.1 Å². The van der Waals surface area contributed by atoms with Gasteiger partial charge in [0.05, 0.1) is 12.2 Å². The van der Waals surface area contributed by atoms with Gasteiger partial charge in [-0.2, -0.15) is 0 Å². The minimum Gasteiger partial charge on any atom is -0.491 e. The number of hydrogen-bond donors (Lipinski definition) is 1. The van der Waals surface area contributed by atoms with Crippen LogP contribution in [0.1, 0.15) is 25.8 Å². The van der Waals surface area contributed by atoms with Crippen LogP contribution in [0.2, 0.25) is 0 Å². The third kappa shape index (κ3) is 6.67. The predicted octanol–water partition coefficient (Wildman–Crippen LogP) is 1.20. The fraction of sp³-hybridized carbons (Fsp3) is 0.682. The van der Waals surface area contributed by atoms with Gasteiger partial charge in [-0.25, -0.2) is 0 Å². The molecule has 2 aliphatic heterocycles. The van der Waals surface area contributed by atoms with Crippen molar-refractivity contribution in [2.45, 2.75) is 32.4 Å². The number of aliphatic hydroxyl groups is 1. The lowest BCUT2D eigenvalue weighted by atomic mass is 10.0. The third-order valence-electron chi connectivity index (χ3n) is 5.78. The van der Waals surface area contributed by atoms with Crippen LogP contribution in [0.25, 0.3) is 0 Å². The first-order chi connectivity index (χ1) is 14.0. The van der Waals surface area contributed by atoms with Crippen molar-refractivity contribution < 1.29 is 19.4 Å². The second-order valence-corrected chi connectivity index (χ2v) is 8.16. The Morgan fingerprint density at radius 1 is 1.07 bits per heavy atom. The highest BCUT2D eigenvalue weighted by Gasteiger charge is 2.38. The molecule has 0 radical (unpaired) electrons. The number of rotatable bonds is 9. The number of carbonyl (C=O) groups is 1. The minimum absolute atomic E-state index is 0.140. The normalized spacial score (nSPS) is 23.5. The Morgan fingerprint density at radius 2 is 1.79 bits per heavy atom. The van der Waals surface area contributed by atoms with Crippen LogP contribution in [-0.2, 0) is 16.1 Å². The molecule has 2 fully saturated rings. The smallest absolute Gasteiger partial charge is 0.219 e. The largest absolute Gasteiger partial charge is 0.491 e. The summed E-state index contributed by atoms with van der Waals surface area (Å²) in [5, 5.41) is 11.1. The van der Waals surface area contributed by atoms with Crippen molar-refractivity contribution in [3.05, 3.63) is 29.8 Å². The van der Waals surface area contributed by atoms with E-state index in [0.717, 1.165) is 51.4 Å². The lowest BCUT2D eigenvalue weighted by Gasteiger charge is -2.38. The topological polar surface area (TPSA) is 65.5 Å². The van der Waals surface area contributed by atoms with Gasteiger partial charge in [-0.3, -0.25) is 14.6 Å². The second kappa shape index (κ2) is 10.4. The lowest BCUT2D eigenvalue weighted by Crippen LogP contribution is -2.53. The quantitative estimate of drug-likeness (QED) is 0.623. The van der Waals surface area contributed by atoms with E-state index in [1.165, 1.54) is 5.56 Å². The number of ether oxygens (including phenoxy) is 2. The first-order valence-electron chi connectivity index (χ1n) is 10.7. The van der Waals surface area contributed by atoms with E-state index in [2.05, 4.69) is 21.9 Å². The molecule has 0 unspecified atom stereocenters. The van der Waals surface area contributed by atoms with Crippen LogP contribution in [0.5, 0.6) is 5.75 Å². The summed E-state index contributed by atoms with van der Waals surface area (Å²) in [5.74, 6) is 0.997. The molecule has 7 heteroatoms. The zero-order valence-corrected chi connectivity index (χ0v) is 17.8. The fourth-order valence-electron chi connectivity index (χ4n) is 4.15. The summed E-state index contributed by atoms with van der Waals surface area (Å²) in [7, 11) is 0. The molecule has 162 valence electrons. The summed E-state index contributed by atoms with van der Waals surface area (Å²) >= 11 is 0. The van der Waals surface area contributed by atoms with Crippen LogP contribution < -0.4 is 4.74 Å². The Kier molecular flexibility index (Phi) is 7.89. The second-order valence-electron chi connectivity index (χ2n) is 8.16. The van der Waals surface area contributed by atoms with Crippen LogP contribution in [0.3, 0.4) is 0 Å². The average molecular weight is 406 g/mol. The van der Waals surface area contributed by atoms with Gasteiger partial charge in [-0.15, -0.1) is 0 Å². The van der Waals surface area contributed by atoms with Crippen LogP contribution >= 0.6 is 0 Å². The summed E-state index contributed by atoms with van der Waals surface area (Å²) in [6.45, 7) is 11.8. The number of likely N-dealkylation sites (tertiary alicyclic amines) is 1. The molecule has 0 saturated carbocycles. The van der Waals surface area contributed by atoms with Crippen molar-refractivity contribution in [1.29, 1.82) is 0 Å². The van der Waals surface area contributed by atoms with Gasteiger partial charge in [0.25, 0.3) is 0 Å². The van der Waals surface area contributed by atoms with Gasteiger partial charge in [0.1, 0.15) is 12.4 Å². The van der Waals surface area contributed by atoms with Gasteiger partial charge in [0, 0.05) is 65.9 Å². The molecular formula is C22H35N3O4. The molecule has 7 nitrogen and oxygen atoms in total. The van der Waals surface area contributed by atoms with Crippen molar-refractivity contribution >= 4 is 5.91 Å². The SMILES string of the molecule is CCOCCOc1ccc(CN2CC[C@](O)(CN3CCN(C(C)=O)CC3)C2)cc1. The van der Waals surface area contributed by atoms with Crippen molar-refractivity contribution in [1.82, 2.24) is 14.7 Å². The van der Waals surface area contributed by atoms with Crippen LogP contribution in [-0.4, -0.2) is 96.9 Å². The first-order valence-corrected chi connectivity index (χ1v) is 10.7. The number of piperazine rings is 1. The van der Waals surface area contributed by atoms with Gasteiger partial charge >= 0.3 is 0 Å². The molecule has 0 spiro atoms. The Hall–Kier alpha value is -1.67.